The zero-order chi connectivity index (χ0) is 43.9. The normalized spacial score (nSPS) is 18.5. The van der Waals surface area contributed by atoms with Crippen molar-refractivity contribution in [3.8, 4) is 11.1 Å². The fourth-order valence-corrected chi connectivity index (χ4v) is 19.9. The second-order valence-corrected chi connectivity index (χ2v) is 26.8. The van der Waals surface area contributed by atoms with Crippen LogP contribution in [0.1, 0.15) is 142 Å². The number of rotatable bonds is 4. The van der Waals surface area contributed by atoms with E-state index in [1.807, 2.05) is 0 Å². The molecule has 1 unspecified atom stereocenters. The molecule has 0 nitrogen and oxygen atoms in total. The van der Waals surface area contributed by atoms with Crippen LogP contribution in [0.5, 0.6) is 0 Å². The van der Waals surface area contributed by atoms with Crippen LogP contribution in [-0.4, -0.2) is 3.21 Å². The van der Waals surface area contributed by atoms with Crippen molar-refractivity contribution >= 4 is 14.4 Å². The average molecular weight is 967 g/mol. The van der Waals surface area contributed by atoms with Gasteiger partial charge in [0.25, 0.3) is 0 Å². The smallest absolute Gasteiger partial charge is 1.00 e. The van der Waals surface area contributed by atoms with Gasteiger partial charge >= 0.3 is 361 Å². The van der Waals surface area contributed by atoms with Gasteiger partial charge in [-0.25, -0.2) is 0 Å². The molecule has 4 aromatic carbocycles. The number of benzene rings is 4. The van der Waals surface area contributed by atoms with Crippen LogP contribution in [0.4, 0.5) is 26.3 Å². The average Bonchev–Trinajstić information content (AvgIpc) is 3.81. The first-order valence-electron chi connectivity index (χ1n) is 20.9. The minimum Gasteiger partial charge on any atom is -1.00 e. The van der Waals surface area contributed by atoms with Gasteiger partial charge < -0.3 is 24.8 Å². The molecule has 326 valence electrons. The predicted octanol–water partition coefficient (Wildman–Crippen LogP) is 9.61. The Kier molecular flexibility index (Phi) is 12.2. The molecule has 0 saturated heterocycles. The van der Waals surface area contributed by atoms with Crippen LogP contribution in [0.3, 0.4) is 0 Å². The van der Waals surface area contributed by atoms with E-state index in [1.165, 1.54) is 58.9 Å². The van der Waals surface area contributed by atoms with Gasteiger partial charge in [-0.05, 0) is 0 Å². The Morgan fingerprint density at radius 1 is 0.565 bits per heavy atom. The first-order valence-corrected chi connectivity index (χ1v) is 24.8. The van der Waals surface area contributed by atoms with Crippen LogP contribution < -0.4 is 24.8 Å². The maximum absolute atomic E-state index is 14.1. The van der Waals surface area contributed by atoms with E-state index >= 15 is 0 Å². The summed E-state index contributed by atoms with van der Waals surface area (Å²) in [4.78, 5) is 0. The van der Waals surface area contributed by atoms with Crippen LogP contribution in [0.2, 0.25) is 0 Å². The number of halogens is 8. The van der Waals surface area contributed by atoms with E-state index < -0.39 is 44.7 Å². The van der Waals surface area contributed by atoms with Crippen molar-refractivity contribution in [2.45, 2.75) is 110 Å². The molecule has 0 N–H and O–H groups in total. The standard InChI is InChI=1S/C31H37.C15H8F6.C7H9.2ClH.Zr/c1-28(2,3)26-16-30(7,8)24-12-18-11-19-13-25-23(15-21(19)20(18)14-22(24)26)27(29(4,5)6)17-31(25,9)10;16-14(17,18)12-5-1-10(2-6-12)9-11-3-7-13(8-4-11)15(19,20)21;1-6-3-4-7(2)5-6;;;/h11-17H,1-10H3;1-8H;3,5,7H,1-2H3;2*1H;/q;;;;;+2/p-2. The summed E-state index contributed by atoms with van der Waals surface area (Å²) in [5, 5.41) is 0. The number of alkyl halides is 6. The van der Waals surface area contributed by atoms with E-state index in [1.54, 1.807) is 24.3 Å². The summed E-state index contributed by atoms with van der Waals surface area (Å²) in [5.74, 6) is 0.0471. The Balaban J connectivity index is 0.00000321. The Bertz CT molecular complexity index is 2480. The topological polar surface area (TPSA) is 0 Å². The number of allylic oxidation sites excluding steroid dienone is 8. The van der Waals surface area contributed by atoms with Crippen LogP contribution in [0.15, 0.2) is 106 Å². The van der Waals surface area contributed by atoms with Crippen LogP contribution in [0, 0.1) is 16.7 Å². The van der Waals surface area contributed by atoms with Crippen molar-refractivity contribution in [1.29, 1.82) is 0 Å². The summed E-state index contributed by atoms with van der Waals surface area (Å²) in [6.45, 7) is 26.9. The van der Waals surface area contributed by atoms with E-state index in [0.717, 1.165) is 33.0 Å². The van der Waals surface area contributed by atoms with Crippen LogP contribution in [0.25, 0.3) is 22.3 Å². The van der Waals surface area contributed by atoms with E-state index in [0.29, 0.717) is 11.1 Å². The molecule has 8 rings (SSSR count). The molecule has 0 saturated carbocycles. The Hall–Kier alpha value is -3.25. The first-order chi connectivity index (χ1) is 27.6. The summed E-state index contributed by atoms with van der Waals surface area (Å²) in [7, 11) is 0. The van der Waals surface area contributed by atoms with Gasteiger partial charge in [0.05, 0.1) is 0 Å². The molecule has 4 aliphatic rings. The largest absolute Gasteiger partial charge is 1.00 e. The first kappa shape index (κ1) is 48.2. The summed E-state index contributed by atoms with van der Waals surface area (Å²) in [5.41, 5.74) is 12.5. The molecule has 0 spiro atoms. The fraction of sp³-hybridized carbons (Fsp3) is 0.377. The van der Waals surface area contributed by atoms with Crippen LogP contribution in [-0.2, 0) is 44.4 Å². The molecule has 0 heterocycles. The van der Waals surface area contributed by atoms with Gasteiger partial charge in [0, 0.05) is 0 Å². The van der Waals surface area contributed by atoms with Gasteiger partial charge in [-0.15, -0.1) is 0 Å². The maximum Gasteiger partial charge on any atom is -1.00 e. The van der Waals surface area contributed by atoms with Gasteiger partial charge in [0.1, 0.15) is 0 Å². The summed E-state index contributed by atoms with van der Waals surface area (Å²) >= 11 is -3.63. The van der Waals surface area contributed by atoms with Crippen molar-refractivity contribution in [2.75, 3.05) is 0 Å². The number of fused-ring (bicyclic) bond motifs is 5. The molecule has 4 aromatic rings. The zero-order valence-corrected chi connectivity index (χ0v) is 41.4. The molecule has 0 amide bonds. The van der Waals surface area contributed by atoms with Crippen molar-refractivity contribution in [1.82, 2.24) is 0 Å². The summed E-state index contributed by atoms with van der Waals surface area (Å²) in [6.07, 6.45) is 0.262. The third kappa shape index (κ3) is 8.19. The number of hydrogen-bond acceptors (Lipinski definition) is 0. The van der Waals surface area contributed by atoms with Gasteiger partial charge in [-0.3, -0.25) is 0 Å². The van der Waals surface area contributed by atoms with Crippen LogP contribution >= 0.6 is 0 Å². The van der Waals surface area contributed by atoms with Gasteiger partial charge in [-0.1, -0.05) is 0 Å². The van der Waals surface area contributed by atoms with Gasteiger partial charge in [0.2, 0.25) is 0 Å². The van der Waals surface area contributed by atoms with E-state index in [2.05, 4.69) is 132 Å². The summed E-state index contributed by atoms with van der Waals surface area (Å²) < 4.78 is 86.6. The molecular weight excluding hydrogens is 913 g/mol. The second kappa shape index (κ2) is 15.7. The molecule has 0 aromatic heterocycles. The fourth-order valence-electron chi connectivity index (χ4n) is 10.3. The van der Waals surface area contributed by atoms with Gasteiger partial charge in [-0.2, -0.15) is 0 Å². The summed E-state index contributed by atoms with van der Waals surface area (Å²) in [6, 6.07) is 20.4. The van der Waals surface area contributed by atoms with Crippen molar-refractivity contribution < 1.29 is 72.4 Å². The molecule has 0 bridgehead atoms. The quantitative estimate of drug-likeness (QED) is 0.179. The van der Waals surface area contributed by atoms with Crippen molar-refractivity contribution in [2.24, 2.45) is 16.7 Å². The molecule has 9 heteroatoms. The van der Waals surface area contributed by atoms with Crippen molar-refractivity contribution in [3.63, 3.8) is 0 Å². The van der Waals surface area contributed by atoms with E-state index in [9.17, 15) is 26.3 Å². The molecule has 4 aliphatic carbocycles. The van der Waals surface area contributed by atoms with Gasteiger partial charge in [0.15, 0.2) is 0 Å². The molecule has 62 heavy (non-hydrogen) atoms. The predicted molar refractivity (Wildman–Crippen MR) is 232 cm³/mol. The molecule has 1 atom stereocenters. The Morgan fingerprint density at radius 3 is 1.24 bits per heavy atom. The monoisotopic (exact) mass is 964 g/mol. The third-order valence-electron chi connectivity index (χ3n) is 13.1. The molecular formula is C53H54Cl2F6Zr. The second-order valence-electron chi connectivity index (χ2n) is 20.7. The Labute approximate surface area is 383 Å². The van der Waals surface area contributed by atoms with E-state index in [4.69, 9.17) is 0 Å². The molecule has 0 fully saturated rings. The SMILES string of the molecule is CC1=CC(C)[C]([Zr+2](=[C](c2ccc(C(F)(F)F)cc2)c2ccc(C(F)(F)F)cc2)[CH]2c3cc4c(cc3-c3cc5c(cc32)C(C)(C)C=C5C(C)(C)C)C(C(C)(C)C)=CC4(C)C)=C1.[Cl-].[Cl-]. The third-order valence-corrected chi connectivity index (χ3v) is 21.8. The molecule has 0 aliphatic heterocycles. The minimum atomic E-state index is -4.54. The van der Waals surface area contributed by atoms with E-state index in [-0.39, 0.29) is 56.0 Å². The maximum atomic E-state index is 14.1. The zero-order valence-electron chi connectivity index (χ0n) is 37.4. The molecule has 0 radical (unpaired) electrons. The number of hydrogen-bond donors (Lipinski definition) is 0. The minimum absolute atomic E-state index is 0. The van der Waals surface area contributed by atoms with Crippen molar-refractivity contribution in [3.05, 3.63) is 162 Å². The Morgan fingerprint density at radius 2 is 0.935 bits per heavy atom.